The Hall–Kier alpha value is -2.09. The first-order chi connectivity index (χ1) is 8.27. The Labute approximate surface area is 101 Å². The largest absolute Gasteiger partial charge is 0.507 e. The average Bonchev–Trinajstić information content (AvgIpc) is 2.40. The number of ketones is 1. The number of hydrogen-bond donors (Lipinski definition) is 1. The van der Waals surface area contributed by atoms with Crippen LogP contribution in [0.5, 0.6) is 0 Å². The first kappa shape index (κ1) is 11.4. The maximum Gasteiger partial charge on any atom is 0.189 e. The predicted molar refractivity (Wildman–Crippen MR) is 68.5 cm³/mol. The summed E-state index contributed by atoms with van der Waals surface area (Å²) >= 11 is 0. The van der Waals surface area contributed by atoms with Gasteiger partial charge in [-0.3, -0.25) is 4.79 Å². The van der Waals surface area contributed by atoms with E-state index in [1.807, 2.05) is 30.4 Å². The molecule has 1 aliphatic carbocycles. The molecule has 0 spiro atoms. The van der Waals surface area contributed by atoms with Crippen LogP contribution in [0, 0.1) is 0 Å². The fraction of sp³-hybridized carbons (Fsp3) is 0.133. The normalized spacial score (nSPS) is 15.5. The maximum absolute atomic E-state index is 11.8. The zero-order valence-electron chi connectivity index (χ0n) is 9.47. The maximum atomic E-state index is 11.8. The molecule has 0 heterocycles. The molecule has 17 heavy (non-hydrogen) atoms. The number of allylic oxidation sites excluding steroid dienone is 5. The molecule has 2 heteroatoms. The third-order valence-electron chi connectivity index (χ3n) is 2.62. The fourth-order valence-electron chi connectivity index (χ4n) is 1.70. The van der Waals surface area contributed by atoms with Crippen LogP contribution in [0.2, 0.25) is 0 Å². The standard InChI is InChI=1S/C15H14O2/c16-14(12-7-3-1-4-8-12)11-15(17)13-9-5-2-6-10-13/h1,3-5,7-11,16H,2,6H2/b14-11-. The number of benzene rings is 1. The Bertz CT molecular complexity index is 493. The van der Waals surface area contributed by atoms with Gasteiger partial charge in [0.1, 0.15) is 5.76 Å². The van der Waals surface area contributed by atoms with Gasteiger partial charge in [0.05, 0.1) is 0 Å². The summed E-state index contributed by atoms with van der Waals surface area (Å²) in [7, 11) is 0. The van der Waals surface area contributed by atoms with Gasteiger partial charge in [0.25, 0.3) is 0 Å². The van der Waals surface area contributed by atoms with Gasteiger partial charge in [0.2, 0.25) is 0 Å². The summed E-state index contributed by atoms with van der Waals surface area (Å²) in [5.41, 5.74) is 1.31. The molecule has 0 saturated carbocycles. The summed E-state index contributed by atoms with van der Waals surface area (Å²) in [6.07, 6.45) is 8.82. The van der Waals surface area contributed by atoms with Crippen LogP contribution in [0.15, 0.2) is 60.2 Å². The third-order valence-corrected chi connectivity index (χ3v) is 2.62. The highest BCUT2D eigenvalue weighted by Gasteiger charge is 2.08. The van der Waals surface area contributed by atoms with Crippen LogP contribution in [-0.4, -0.2) is 10.9 Å². The van der Waals surface area contributed by atoms with Crippen molar-refractivity contribution in [3.05, 3.63) is 65.8 Å². The first-order valence-electron chi connectivity index (χ1n) is 5.64. The molecule has 0 aromatic heterocycles. The van der Waals surface area contributed by atoms with Gasteiger partial charge in [0.15, 0.2) is 5.78 Å². The van der Waals surface area contributed by atoms with E-state index in [1.54, 1.807) is 18.2 Å². The lowest BCUT2D eigenvalue weighted by atomic mass is 10.0. The number of hydrogen-bond acceptors (Lipinski definition) is 2. The number of carbonyl (C=O) groups is 1. The van der Waals surface area contributed by atoms with Crippen LogP contribution in [0.3, 0.4) is 0 Å². The summed E-state index contributed by atoms with van der Waals surface area (Å²) in [6.45, 7) is 0. The van der Waals surface area contributed by atoms with Crippen LogP contribution >= 0.6 is 0 Å². The lowest BCUT2D eigenvalue weighted by molar-refractivity contribution is -0.111. The highest BCUT2D eigenvalue weighted by Crippen LogP contribution is 2.15. The van der Waals surface area contributed by atoms with Crippen molar-refractivity contribution in [3.63, 3.8) is 0 Å². The molecule has 0 atom stereocenters. The molecule has 1 aromatic carbocycles. The van der Waals surface area contributed by atoms with Gasteiger partial charge in [-0.25, -0.2) is 0 Å². The number of aliphatic hydroxyl groups excluding tert-OH is 1. The van der Waals surface area contributed by atoms with E-state index in [4.69, 9.17) is 0 Å². The molecule has 2 rings (SSSR count). The second-order valence-electron chi connectivity index (χ2n) is 3.90. The van der Waals surface area contributed by atoms with Gasteiger partial charge in [-0.05, 0) is 12.8 Å². The smallest absolute Gasteiger partial charge is 0.189 e. The van der Waals surface area contributed by atoms with Crippen LogP contribution in [0.1, 0.15) is 18.4 Å². The molecule has 0 unspecified atom stereocenters. The molecule has 0 fully saturated rings. The van der Waals surface area contributed by atoms with Crippen LogP contribution in [0.4, 0.5) is 0 Å². The van der Waals surface area contributed by atoms with E-state index in [1.165, 1.54) is 6.08 Å². The second-order valence-corrected chi connectivity index (χ2v) is 3.90. The van der Waals surface area contributed by atoms with Gasteiger partial charge < -0.3 is 5.11 Å². The van der Waals surface area contributed by atoms with Crippen molar-refractivity contribution in [2.45, 2.75) is 12.8 Å². The molecule has 1 aliphatic rings. The highest BCUT2D eigenvalue weighted by atomic mass is 16.3. The molecular formula is C15H14O2. The molecule has 1 N–H and O–H groups in total. The lowest BCUT2D eigenvalue weighted by Gasteiger charge is -2.04. The number of rotatable bonds is 3. The van der Waals surface area contributed by atoms with E-state index in [0.29, 0.717) is 11.1 Å². The Balaban J connectivity index is 2.17. The Morgan fingerprint density at radius 2 is 1.94 bits per heavy atom. The van der Waals surface area contributed by atoms with E-state index in [9.17, 15) is 9.90 Å². The van der Waals surface area contributed by atoms with Gasteiger partial charge in [-0.2, -0.15) is 0 Å². The minimum atomic E-state index is -0.151. The van der Waals surface area contributed by atoms with E-state index >= 15 is 0 Å². The van der Waals surface area contributed by atoms with Crippen molar-refractivity contribution in [2.75, 3.05) is 0 Å². The molecule has 2 nitrogen and oxygen atoms in total. The summed E-state index contributed by atoms with van der Waals surface area (Å²) < 4.78 is 0. The number of aliphatic hydroxyl groups is 1. The second kappa shape index (κ2) is 5.30. The van der Waals surface area contributed by atoms with Crippen molar-refractivity contribution < 1.29 is 9.90 Å². The predicted octanol–water partition coefficient (Wildman–Crippen LogP) is 3.43. The Morgan fingerprint density at radius 3 is 2.59 bits per heavy atom. The molecule has 0 saturated heterocycles. The number of carbonyl (C=O) groups excluding carboxylic acids is 1. The lowest BCUT2D eigenvalue weighted by Crippen LogP contribution is -2.00. The average molecular weight is 226 g/mol. The zero-order valence-corrected chi connectivity index (χ0v) is 9.47. The van der Waals surface area contributed by atoms with Gasteiger partial charge in [0, 0.05) is 17.2 Å². The van der Waals surface area contributed by atoms with Crippen molar-refractivity contribution in [1.29, 1.82) is 0 Å². The first-order valence-corrected chi connectivity index (χ1v) is 5.64. The van der Waals surface area contributed by atoms with Crippen molar-refractivity contribution >= 4 is 11.5 Å². The summed E-state index contributed by atoms with van der Waals surface area (Å²) in [4.78, 5) is 11.8. The van der Waals surface area contributed by atoms with E-state index in [0.717, 1.165) is 12.8 Å². The van der Waals surface area contributed by atoms with E-state index in [-0.39, 0.29) is 11.5 Å². The molecular weight excluding hydrogens is 212 g/mol. The van der Waals surface area contributed by atoms with Gasteiger partial charge >= 0.3 is 0 Å². The Kier molecular flexibility index (Phi) is 3.55. The van der Waals surface area contributed by atoms with Crippen molar-refractivity contribution in [1.82, 2.24) is 0 Å². The molecule has 0 bridgehead atoms. The van der Waals surface area contributed by atoms with Crippen LogP contribution < -0.4 is 0 Å². The summed E-state index contributed by atoms with van der Waals surface area (Å²) in [6, 6.07) is 9.05. The SMILES string of the molecule is O=C(/C=C(\O)c1ccccc1)C1=CCCC=C1. The zero-order chi connectivity index (χ0) is 12.1. The summed E-state index contributed by atoms with van der Waals surface area (Å²) in [5.74, 6) is -0.141. The molecule has 0 aliphatic heterocycles. The molecule has 1 aromatic rings. The van der Waals surface area contributed by atoms with Gasteiger partial charge in [-0.1, -0.05) is 48.6 Å². The monoisotopic (exact) mass is 226 g/mol. The minimum absolute atomic E-state index is 0.00970. The van der Waals surface area contributed by atoms with Gasteiger partial charge in [-0.15, -0.1) is 0 Å². The highest BCUT2D eigenvalue weighted by molar-refractivity contribution is 6.09. The Morgan fingerprint density at radius 1 is 1.18 bits per heavy atom. The van der Waals surface area contributed by atoms with E-state index < -0.39 is 0 Å². The summed E-state index contributed by atoms with van der Waals surface area (Å²) in [5, 5.41) is 9.81. The molecule has 86 valence electrons. The van der Waals surface area contributed by atoms with E-state index in [2.05, 4.69) is 0 Å². The topological polar surface area (TPSA) is 37.3 Å². The minimum Gasteiger partial charge on any atom is -0.507 e. The quantitative estimate of drug-likeness (QED) is 0.633. The fourth-order valence-corrected chi connectivity index (χ4v) is 1.70. The van der Waals surface area contributed by atoms with Crippen LogP contribution in [0.25, 0.3) is 5.76 Å². The van der Waals surface area contributed by atoms with Crippen molar-refractivity contribution in [3.8, 4) is 0 Å². The van der Waals surface area contributed by atoms with Crippen molar-refractivity contribution in [2.24, 2.45) is 0 Å². The molecule has 0 amide bonds. The molecule has 0 radical (unpaired) electrons. The third kappa shape index (κ3) is 2.94. The van der Waals surface area contributed by atoms with Crippen LogP contribution in [-0.2, 0) is 4.79 Å².